The highest BCUT2D eigenvalue weighted by Gasteiger charge is 2.15. The smallest absolute Gasteiger partial charge is 0.0482 e. The van der Waals surface area contributed by atoms with Crippen molar-refractivity contribution < 1.29 is 0 Å². The second-order valence-electron chi connectivity index (χ2n) is 4.00. The molecule has 1 saturated carbocycles. The van der Waals surface area contributed by atoms with Gasteiger partial charge < -0.3 is 0 Å². The lowest BCUT2D eigenvalue weighted by Gasteiger charge is -2.22. The Labute approximate surface area is 103 Å². The summed E-state index contributed by atoms with van der Waals surface area (Å²) in [7, 11) is 0. The molecule has 0 N–H and O–H groups in total. The highest BCUT2D eigenvalue weighted by atomic mass is 35.5. The van der Waals surface area contributed by atoms with E-state index in [0.29, 0.717) is 11.8 Å². The van der Waals surface area contributed by atoms with Crippen molar-refractivity contribution in [1.82, 2.24) is 0 Å². The second kappa shape index (κ2) is 7.14. The molecule has 0 radical (unpaired) electrons. The average Bonchev–Trinajstić information content (AvgIpc) is 2.32. The molecule has 0 heterocycles. The van der Waals surface area contributed by atoms with Crippen LogP contribution in [0.4, 0.5) is 0 Å². The Balaban J connectivity index is 2.72. The lowest BCUT2D eigenvalue weighted by atomic mass is 9.83. The molecule has 84 valence electrons. The minimum absolute atomic E-state index is 0.466. The van der Waals surface area contributed by atoms with Crippen molar-refractivity contribution in [2.45, 2.75) is 32.1 Å². The van der Waals surface area contributed by atoms with Crippen molar-refractivity contribution in [2.24, 2.45) is 5.92 Å². The van der Waals surface area contributed by atoms with Gasteiger partial charge in [-0.2, -0.15) is 0 Å². The summed E-state index contributed by atoms with van der Waals surface area (Å²) in [6, 6.07) is 0. The van der Waals surface area contributed by atoms with Gasteiger partial charge in [-0.1, -0.05) is 49.6 Å². The van der Waals surface area contributed by atoms with Gasteiger partial charge in [-0.05, 0) is 29.9 Å². The van der Waals surface area contributed by atoms with E-state index in [2.05, 4.69) is 12.7 Å². The van der Waals surface area contributed by atoms with Crippen LogP contribution in [0.5, 0.6) is 0 Å². The summed E-state index contributed by atoms with van der Waals surface area (Å²) in [6.07, 6.45) is 10.6. The zero-order valence-corrected chi connectivity index (χ0v) is 10.5. The van der Waals surface area contributed by atoms with Gasteiger partial charge in [-0.15, -0.1) is 11.6 Å². The van der Waals surface area contributed by atoms with Crippen molar-refractivity contribution in [1.29, 1.82) is 0 Å². The Morgan fingerprint density at radius 2 is 1.93 bits per heavy atom. The lowest BCUT2D eigenvalue weighted by Crippen LogP contribution is -2.08. The maximum atomic E-state index is 5.78. The molecule has 0 saturated heterocycles. The van der Waals surface area contributed by atoms with E-state index < -0.39 is 0 Å². The lowest BCUT2D eigenvalue weighted by molar-refractivity contribution is 0.408. The number of hydrogen-bond donors (Lipinski definition) is 0. The zero-order chi connectivity index (χ0) is 11.1. The first kappa shape index (κ1) is 12.9. The maximum Gasteiger partial charge on any atom is 0.0482 e. The summed E-state index contributed by atoms with van der Waals surface area (Å²) >= 11 is 11.5. The summed E-state index contributed by atoms with van der Waals surface area (Å²) in [5, 5.41) is 0. The first-order valence-corrected chi connectivity index (χ1v) is 6.48. The van der Waals surface area contributed by atoms with Crippen LogP contribution in [0.1, 0.15) is 32.1 Å². The normalized spacial score (nSPS) is 20.4. The van der Waals surface area contributed by atoms with Crippen molar-refractivity contribution in [3.63, 3.8) is 0 Å². The molecule has 0 atom stereocenters. The van der Waals surface area contributed by atoms with Gasteiger partial charge >= 0.3 is 0 Å². The molecule has 0 spiro atoms. The minimum Gasteiger partial charge on any atom is -0.122 e. The molecular weight excluding hydrogens is 227 g/mol. The summed E-state index contributed by atoms with van der Waals surface area (Å²) < 4.78 is 0. The van der Waals surface area contributed by atoms with Crippen molar-refractivity contribution in [3.8, 4) is 0 Å². The molecule has 15 heavy (non-hydrogen) atoms. The van der Waals surface area contributed by atoms with E-state index in [1.807, 2.05) is 6.08 Å². The fourth-order valence-electron chi connectivity index (χ4n) is 2.09. The first-order valence-electron chi connectivity index (χ1n) is 5.51. The van der Waals surface area contributed by atoms with E-state index in [1.165, 1.54) is 37.7 Å². The highest BCUT2D eigenvalue weighted by molar-refractivity contribution is 6.27. The Bertz CT molecular complexity index is 258. The SMILES string of the molecule is C=C/C(=C\C(=C\Cl)CCl)C1CCCCC1. The molecule has 0 nitrogen and oxygen atoms in total. The third-order valence-corrected chi connectivity index (χ3v) is 3.55. The van der Waals surface area contributed by atoms with Crippen LogP contribution >= 0.6 is 23.2 Å². The quantitative estimate of drug-likeness (QED) is 0.480. The van der Waals surface area contributed by atoms with Crippen LogP contribution in [0.2, 0.25) is 0 Å². The summed E-state index contributed by atoms with van der Waals surface area (Å²) in [6.45, 7) is 3.88. The number of alkyl halides is 1. The monoisotopic (exact) mass is 244 g/mol. The Morgan fingerprint density at radius 3 is 2.40 bits per heavy atom. The second-order valence-corrected chi connectivity index (χ2v) is 4.49. The number of allylic oxidation sites excluding steroid dienone is 4. The Morgan fingerprint density at radius 1 is 1.27 bits per heavy atom. The van der Waals surface area contributed by atoms with Gasteiger partial charge in [0.1, 0.15) is 0 Å². The molecular formula is C13H18Cl2. The van der Waals surface area contributed by atoms with E-state index in [9.17, 15) is 0 Å². The highest BCUT2D eigenvalue weighted by Crippen LogP contribution is 2.30. The summed E-state index contributed by atoms with van der Waals surface area (Å²) in [5.74, 6) is 1.12. The fourth-order valence-corrected chi connectivity index (χ4v) is 2.47. The Kier molecular flexibility index (Phi) is 6.12. The van der Waals surface area contributed by atoms with Crippen molar-refractivity contribution >= 4 is 23.2 Å². The predicted octanol–water partition coefficient (Wildman–Crippen LogP) is 5.04. The standard InChI is InChI=1S/C13H18Cl2/c1-2-12(8-11(9-14)10-15)13-6-4-3-5-7-13/h2,8-9,13H,1,3-7,10H2/b11-9-,12-8+. The molecule has 1 rings (SSSR count). The molecule has 0 aromatic carbocycles. The van der Waals surface area contributed by atoms with E-state index in [4.69, 9.17) is 23.2 Å². The molecule has 0 aromatic heterocycles. The van der Waals surface area contributed by atoms with Crippen LogP contribution in [-0.2, 0) is 0 Å². The van der Waals surface area contributed by atoms with Gasteiger partial charge in [0.2, 0.25) is 0 Å². The predicted molar refractivity (Wildman–Crippen MR) is 69.5 cm³/mol. The summed E-state index contributed by atoms with van der Waals surface area (Å²) in [5.41, 5.74) is 3.82. The maximum absolute atomic E-state index is 5.78. The molecule has 1 fully saturated rings. The van der Waals surface area contributed by atoms with Gasteiger partial charge in [0.25, 0.3) is 0 Å². The third kappa shape index (κ3) is 4.04. The van der Waals surface area contributed by atoms with Crippen LogP contribution < -0.4 is 0 Å². The van der Waals surface area contributed by atoms with E-state index in [-0.39, 0.29) is 0 Å². The molecule has 0 bridgehead atoms. The average molecular weight is 245 g/mol. The van der Waals surface area contributed by atoms with Gasteiger partial charge in [0, 0.05) is 11.4 Å². The van der Waals surface area contributed by atoms with Crippen LogP contribution in [-0.4, -0.2) is 5.88 Å². The van der Waals surface area contributed by atoms with Gasteiger partial charge in [0.05, 0.1) is 0 Å². The number of halogens is 2. The fraction of sp³-hybridized carbons (Fsp3) is 0.538. The topological polar surface area (TPSA) is 0 Å². The van der Waals surface area contributed by atoms with Gasteiger partial charge in [0.15, 0.2) is 0 Å². The van der Waals surface area contributed by atoms with Crippen LogP contribution in [0, 0.1) is 5.92 Å². The molecule has 0 amide bonds. The summed E-state index contributed by atoms with van der Waals surface area (Å²) in [4.78, 5) is 0. The molecule has 1 aliphatic carbocycles. The molecule has 1 aliphatic rings. The van der Waals surface area contributed by atoms with Crippen molar-refractivity contribution in [2.75, 3.05) is 5.88 Å². The van der Waals surface area contributed by atoms with E-state index in [1.54, 1.807) is 5.54 Å². The van der Waals surface area contributed by atoms with Gasteiger partial charge in [-0.3, -0.25) is 0 Å². The number of rotatable bonds is 4. The molecule has 0 aromatic rings. The third-order valence-electron chi connectivity index (χ3n) is 2.96. The minimum atomic E-state index is 0.466. The van der Waals surface area contributed by atoms with Crippen LogP contribution in [0.25, 0.3) is 0 Å². The van der Waals surface area contributed by atoms with E-state index in [0.717, 1.165) is 5.57 Å². The Hall–Kier alpha value is -0.200. The van der Waals surface area contributed by atoms with Crippen LogP contribution in [0.15, 0.2) is 35.4 Å². The zero-order valence-electron chi connectivity index (χ0n) is 9.02. The van der Waals surface area contributed by atoms with Crippen LogP contribution in [0.3, 0.4) is 0 Å². The number of hydrogen-bond acceptors (Lipinski definition) is 0. The molecule has 2 heteroatoms. The largest absolute Gasteiger partial charge is 0.122 e. The molecule has 0 unspecified atom stereocenters. The molecule has 0 aliphatic heterocycles. The van der Waals surface area contributed by atoms with Crippen molar-refractivity contribution in [3.05, 3.63) is 35.4 Å². The van der Waals surface area contributed by atoms with Gasteiger partial charge in [-0.25, -0.2) is 0 Å². The van der Waals surface area contributed by atoms with E-state index >= 15 is 0 Å². The first-order chi connectivity index (χ1) is 7.31.